The van der Waals surface area contributed by atoms with Gasteiger partial charge in [-0.2, -0.15) is 0 Å². The molecule has 3 aromatic rings. The van der Waals surface area contributed by atoms with Crippen molar-refractivity contribution < 1.29 is 9.18 Å². The van der Waals surface area contributed by atoms with Gasteiger partial charge in [-0.25, -0.2) is 9.07 Å². The van der Waals surface area contributed by atoms with Crippen LogP contribution in [0.3, 0.4) is 0 Å². The highest BCUT2D eigenvalue weighted by atomic mass is 35.5. The highest BCUT2D eigenvalue weighted by molar-refractivity contribution is 7.71. The Morgan fingerprint density at radius 1 is 1.23 bits per heavy atom. The summed E-state index contributed by atoms with van der Waals surface area (Å²) in [6.45, 7) is 1.55. The standard InChI is InChI=1S/C22H23ClFN5OS/c1-27(18-11-12-18)13-2-14-28-22(31)29(19-9-3-15(23)4-10-19)20(26-28)21(30)25-17-7-5-16(24)6-8-17/h3-10,18H,2,11-14H2,1H3,(H,25,30). The van der Waals surface area contributed by atoms with Crippen LogP contribution in [-0.2, 0) is 6.54 Å². The zero-order valence-corrected chi connectivity index (χ0v) is 18.7. The molecule has 0 unspecified atom stereocenters. The van der Waals surface area contributed by atoms with Crippen LogP contribution < -0.4 is 5.32 Å². The summed E-state index contributed by atoms with van der Waals surface area (Å²) in [7, 11) is 2.13. The van der Waals surface area contributed by atoms with E-state index < -0.39 is 5.91 Å². The van der Waals surface area contributed by atoms with Crippen molar-refractivity contribution in [3.63, 3.8) is 0 Å². The molecule has 1 saturated carbocycles. The fraction of sp³-hybridized carbons (Fsp3) is 0.318. The van der Waals surface area contributed by atoms with Crippen molar-refractivity contribution in [2.75, 3.05) is 18.9 Å². The predicted octanol–water partition coefficient (Wildman–Crippen LogP) is 4.93. The lowest BCUT2D eigenvalue weighted by Gasteiger charge is -2.14. The van der Waals surface area contributed by atoms with E-state index in [2.05, 4.69) is 22.4 Å². The molecule has 31 heavy (non-hydrogen) atoms. The van der Waals surface area contributed by atoms with Crippen LogP contribution in [0.4, 0.5) is 10.1 Å². The van der Waals surface area contributed by atoms with E-state index in [4.69, 9.17) is 23.8 Å². The summed E-state index contributed by atoms with van der Waals surface area (Å²) < 4.78 is 16.9. The van der Waals surface area contributed by atoms with E-state index >= 15 is 0 Å². The quantitative estimate of drug-likeness (QED) is 0.485. The van der Waals surface area contributed by atoms with E-state index in [9.17, 15) is 9.18 Å². The third-order valence-electron chi connectivity index (χ3n) is 5.28. The van der Waals surface area contributed by atoms with Crippen LogP contribution in [0.5, 0.6) is 0 Å². The number of hydrogen-bond donors (Lipinski definition) is 1. The molecule has 0 aliphatic heterocycles. The van der Waals surface area contributed by atoms with Gasteiger partial charge in [0.2, 0.25) is 10.6 Å². The molecule has 1 aromatic heterocycles. The Hall–Kier alpha value is -2.55. The van der Waals surface area contributed by atoms with Crippen LogP contribution in [0.1, 0.15) is 29.9 Å². The molecule has 1 aliphatic rings. The lowest BCUT2D eigenvalue weighted by molar-refractivity contribution is 0.101. The molecule has 1 amide bonds. The van der Waals surface area contributed by atoms with Gasteiger partial charge in [-0.05, 0) is 93.6 Å². The van der Waals surface area contributed by atoms with E-state index in [-0.39, 0.29) is 11.6 Å². The third-order valence-corrected chi connectivity index (χ3v) is 5.93. The van der Waals surface area contributed by atoms with Gasteiger partial charge in [0, 0.05) is 23.3 Å². The Labute approximate surface area is 190 Å². The zero-order valence-electron chi connectivity index (χ0n) is 17.1. The number of carbonyl (C=O) groups is 1. The van der Waals surface area contributed by atoms with Crippen molar-refractivity contribution in [3.8, 4) is 5.69 Å². The summed E-state index contributed by atoms with van der Waals surface area (Å²) in [6, 6.07) is 13.3. The molecule has 162 valence electrons. The monoisotopic (exact) mass is 459 g/mol. The molecule has 0 saturated heterocycles. The van der Waals surface area contributed by atoms with Crippen molar-refractivity contribution in [1.29, 1.82) is 0 Å². The summed E-state index contributed by atoms with van der Waals surface area (Å²) in [5.74, 6) is -0.642. The number of anilines is 1. The second kappa shape index (κ2) is 9.30. The van der Waals surface area contributed by atoms with Gasteiger partial charge < -0.3 is 10.2 Å². The van der Waals surface area contributed by atoms with Gasteiger partial charge in [0.05, 0.1) is 5.69 Å². The van der Waals surface area contributed by atoms with E-state index in [1.54, 1.807) is 33.5 Å². The van der Waals surface area contributed by atoms with E-state index in [1.807, 2.05) is 0 Å². The normalized spacial score (nSPS) is 13.5. The highest BCUT2D eigenvalue weighted by Crippen LogP contribution is 2.25. The molecule has 6 nitrogen and oxygen atoms in total. The molecule has 1 fully saturated rings. The molecule has 0 bridgehead atoms. The molecule has 1 aliphatic carbocycles. The number of benzene rings is 2. The Balaban J connectivity index is 1.61. The lowest BCUT2D eigenvalue weighted by Crippen LogP contribution is -2.23. The van der Waals surface area contributed by atoms with E-state index in [1.165, 1.54) is 37.1 Å². The number of hydrogen-bond acceptors (Lipinski definition) is 4. The van der Waals surface area contributed by atoms with Crippen LogP contribution in [0.2, 0.25) is 5.02 Å². The SMILES string of the molecule is CN(CCCn1nc(C(=O)Nc2ccc(F)cc2)n(-c2ccc(Cl)cc2)c1=S)C1CC1. The van der Waals surface area contributed by atoms with Crippen LogP contribution in [0.15, 0.2) is 48.5 Å². The first-order valence-electron chi connectivity index (χ1n) is 10.2. The van der Waals surface area contributed by atoms with E-state index in [0.29, 0.717) is 33.8 Å². The van der Waals surface area contributed by atoms with Gasteiger partial charge in [0.15, 0.2) is 0 Å². The first-order chi connectivity index (χ1) is 14.9. The minimum atomic E-state index is -0.429. The molecule has 0 radical (unpaired) electrons. The summed E-state index contributed by atoms with van der Waals surface area (Å²) in [5, 5.41) is 7.87. The minimum Gasteiger partial charge on any atom is -0.319 e. The van der Waals surface area contributed by atoms with Crippen molar-refractivity contribution in [2.45, 2.75) is 31.8 Å². The number of halogens is 2. The second-order valence-corrected chi connectivity index (χ2v) is 8.47. The number of aromatic nitrogens is 3. The molecule has 0 atom stereocenters. The third kappa shape index (κ3) is 5.20. The number of nitrogens with zero attached hydrogens (tertiary/aromatic N) is 4. The minimum absolute atomic E-state index is 0.159. The van der Waals surface area contributed by atoms with Crippen LogP contribution in [0.25, 0.3) is 5.69 Å². The van der Waals surface area contributed by atoms with Gasteiger partial charge in [-0.15, -0.1) is 5.10 Å². The molecular weight excluding hydrogens is 437 g/mol. The summed E-state index contributed by atoms with van der Waals surface area (Å²) in [4.78, 5) is 15.4. The molecular formula is C22H23ClFN5OS. The Kier molecular flexibility index (Phi) is 6.50. The van der Waals surface area contributed by atoms with Gasteiger partial charge in [-0.3, -0.25) is 9.36 Å². The van der Waals surface area contributed by atoms with Crippen LogP contribution in [-0.4, -0.2) is 44.8 Å². The molecule has 9 heteroatoms. The van der Waals surface area contributed by atoms with Gasteiger partial charge in [0.25, 0.3) is 5.91 Å². The van der Waals surface area contributed by atoms with Crippen molar-refractivity contribution in [3.05, 3.63) is 70.0 Å². The molecule has 1 heterocycles. The Bertz CT molecular complexity index is 1120. The maximum absolute atomic E-state index is 13.2. The fourth-order valence-corrected chi connectivity index (χ4v) is 3.86. The maximum atomic E-state index is 13.2. The van der Waals surface area contributed by atoms with Crippen molar-refractivity contribution in [2.24, 2.45) is 0 Å². The second-order valence-electron chi connectivity index (χ2n) is 7.67. The molecule has 0 spiro atoms. The highest BCUT2D eigenvalue weighted by Gasteiger charge is 2.25. The zero-order chi connectivity index (χ0) is 22.0. The molecule has 2 aromatic carbocycles. The Morgan fingerprint density at radius 3 is 2.55 bits per heavy atom. The van der Waals surface area contributed by atoms with Gasteiger partial charge in [0.1, 0.15) is 5.82 Å². The molecule has 1 N–H and O–H groups in total. The smallest absolute Gasteiger partial charge is 0.293 e. The maximum Gasteiger partial charge on any atom is 0.293 e. The molecule has 4 rings (SSSR count). The Morgan fingerprint density at radius 2 is 1.90 bits per heavy atom. The number of aryl methyl sites for hydroxylation is 1. The number of carbonyl (C=O) groups excluding carboxylic acids is 1. The number of rotatable bonds is 8. The average molecular weight is 460 g/mol. The lowest BCUT2D eigenvalue weighted by atomic mass is 10.3. The van der Waals surface area contributed by atoms with Crippen LogP contribution in [0, 0.1) is 10.6 Å². The number of amides is 1. The van der Waals surface area contributed by atoms with Crippen LogP contribution >= 0.6 is 23.8 Å². The fourth-order valence-electron chi connectivity index (χ4n) is 3.41. The van der Waals surface area contributed by atoms with Gasteiger partial charge >= 0.3 is 0 Å². The summed E-state index contributed by atoms with van der Waals surface area (Å²) >= 11 is 11.7. The summed E-state index contributed by atoms with van der Waals surface area (Å²) in [6.07, 6.45) is 3.39. The largest absolute Gasteiger partial charge is 0.319 e. The number of nitrogens with one attached hydrogen (secondary N) is 1. The van der Waals surface area contributed by atoms with E-state index in [0.717, 1.165) is 13.0 Å². The van der Waals surface area contributed by atoms with Gasteiger partial charge in [-0.1, -0.05) is 11.6 Å². The van der Waals surface area contributed by atoms with Crippen molar-refractivity contribution >= 4 is 35.4 Å². The average Bonchev–Trinajstić information content (AvgIpc) is 3.55. The topological polar surface area (TPSA) is 55.1 Å². The van der Waals surface area contributed by atoms with Crippen molar-refractivity contribution in [1.82, 2.24) is 19.2 Å². The summed E-state index contributed by atoms with van der Waals surface area (Å²) in [5.41, 5.74) is 1.17. The first kappa shape index (κ1) is 21.7. The first-order valence-corrected chi connectivity index (χ1v) is 10.9. The predicted molar refractivity (Wildman–Crippen MR) is 122 cm³/mol.